The number of unbranched alkanes of at least 4 members (excludes halogenated alkanes) is 1. The molecule has 0 aliphatic rings. The highest BCUT2D eigenvalue weighted by Gasteiger charge is 2.09. The molecule has 0 spiro atoms. The van der Waals surface area contributed by atoms with Gasteiger partial charge in [-0.1, -0.05) is 6.42 Å². The van der Waals surface area contributed by atoms with Gasteiger partial charge in [-0.25, -0.2) is 5.10 Å². The molecule has 1 heterocycles. The van der Waals surface area contributed by atoms with Crippen LogP contribution in [0.5, 0.6) is 0 Å². The molecule has 0 fully saturated rings. The number of carboxylic acids is 1. The molecule has 15 heavy (non-hydrogen) atoms. The molecule has 1 atom stereocenters. The Kier molecular flexibility index (Phi) is 8.10. The predicted octanol–water partition coefficient (Wildman–Crippen LogP) is -1.27. The number of carboxylic acid groups (broad SMARTS) is 1. The highest BCUT2D eigenvalue weighted by atomic mass is 16.4. The first kappa shape index (κ1) is 13.5. The Labute approximate surface area is 87.0 Å². The summed E-state index contributed by atoms with van der Waals surface area (Å²) in [5, 5.41) is 20.4. The summed E-state index contributed by atoms with van der Waals surface area (Å²) in [5.41, 5.74) is 10.4. The second kappa shape index (κ2) is 9.03. The van der Waals surface area contributed by atoms with Gasteiger partial charge in [-0.05, 0) is 29.8 Å². The minimum atomic E-state index is -0.933. The highest BCUT2D eigenvalue weighted by molar-refractivity contribution is 5.72. The van der Waals surface area contributed by atoms with Crippen LogP contribution in [0.15, 0.2) is 6.33 Å². The summed E-state index contributed by atoms with van der Waals surface area (Å²) < 4.78 is 0. The van der Waals surface area contributed by atoms with E-state index in [4.69, 9.17) is 16.6 Å². The van der Waals surface area contributed by atoms with Gasteiger partial charge in [-0.3, -0.25) is 4.79 Å². The zero-order valence-corrected chi connectivity index (χ0v) is 8.33. The lowest BCUT2D eigenvalue weighted by atomic mass is 10.1. The molecule has 0 aliphatic carbocycles. The molecule has 1 rings (SSSR count). The van der Waals surface area contributed by atoms with Crippen LogP contribution in [0.1, 0.15) is 19.3 Å². The lowest BCUT2D eigenvalue weighted by Gasteiger charge is -2.03. The summed E-state index contributed by atoms with van der Waals surface area (Å²) in [6.07, 6.45) is 3.57. The number of aromatic nitrogens is 4. The molecule has 1 aromatic rings. The summed E-state index contributed by atoms with van der Waals surface area (Å²) in [6, 6.07) is -0.716. The van der Waals surface area contributed by atoms with Gasteiger partial charge in [0.2, 0.25) is 0 Å². The first-order chi connectivity index (χ1) is 7.18. The second-order valence-electron chi connectivity index (χ2n) is 2.79. The van der Waals surface area contributed by atoms with E-state index >= 15 is 0 Å². The van der Waals surface area contributed by atoms with Gasteiger partial charge in [-0.2, -0.15) is 0 Å². The Balaban J connectivity index is 0.000000322. The Bertz CT molecular complexity index is 222. The van der Waals surface area contributed by atoms with E-state index in [-0.39, 0.29) is 0 Å². The average Bonchev–Trinajstić information content (AvgIpc) is 2.75. The molecule has 6 N–H and O–H groups in total. The quantitative estimate of drug-likeness (QED) is 0.449. The van der Waals surface area contributed by atoms with Crippen molar-refractivity contribution in [2.75, 3.05) is 6.54 Å². The number of rotatable bonds is 5. The van der Waals surface area contributed by atoms with Crippen molar-refractivity contribution in [3.63, 3.8) is 0 Å². The van der Waals surface area contributed by atoms with Crippen molar-refractivity contribution in [3.05, 3.63) is 6.33 Å². The Morgan fingerprint density at radius 2 is 2.27 bits per heavy atom. The van der Waals surface area contributed by atoms with Crippen LogP contribution in [0.4, 0.5) is 0 Å². The van der Waals surface area contributed by atoms with Crippen LogP contribution >= 0.6 is 0 Å². The summed E-state index contributed by atoms with van der Waals surface area (Å²) in [5.74, 6) is -0.933. The lowest BCUT2D eigenvalue weighted by Crippen LogP contribution is -2.29. The molecular formula is C7H16N6O2. The van der Waals surface area contributed by atoms with Gasteiger partial charge in [0.05, 0.1) is 0 Å². The van der Waals surface area contributed by atoms with Crippen molar-refractivity contribution in [3.8, 4) is 0 Å². The normalized spacial score (nSPS) is 11.3. The molecular weight excluding hydrogens is 200 g/mol. The zero-order valence-electron chi connectivity index (χ0n) is 8.33. The maximum atomic E-state index is 10.1. The summed E-state index contributed by atoms with van der Waals surface area (Å²) in [7, 11) is 0. The number of nitrogens with two attached hydrogens (primary N) is 2. The van der Waals surface area contributed by atoms with E-state index < -0.39 is 12.0 Å². The topological polar surface area (TPSA) is 144 Å². The third-order valence-corrected chi connectivity index (χ3v) is 1.56. The van der Waals surface area contributed by atoms with Gasteiger partial charge in [-0.15, -0.1) is 5.10 Å². The molecule has 1 aromatic heterocycles. The van der Waals surface area contributed by atoms with Crippen LogP contribution < -0.4 is 11.5 Å². The fraction of sp³-hybridized carbons (Fsp3) is 0.714. The van der Waals surface area contributed by atoms with Crippen LogP contribution in [0.25, 0.3) is 0 Å². The fourth-order valence-electron chi connectivity index (χ4n) is 0.761. The Morgan fingerprint density at radius 3 is 2.60 bits per heavy atom. The van der Waals surface area contributed by atoms with E-state index in [2.05, 4.69) is 20.6 Å². The monoisotopic (exact) mass is 216 g/mol. The summed E-state index contributed by atoms with van der Waals surface area (Å²) in [4.78, 5) is 10.1. The molecule has 0 aliphatic heterocycles. The van der Waals surface area contributed by atoms with Crippen molar-refractivity contribution in [2.24, 2.45) is 11.5 Å². The number of carbonyl (C=O) groups is 1. The number of nitrogens with zero attached hydrogens (tertiary/aromatic N) is 3. The molecule has 0 radical (unpaired) electrons. The van der Waals surface area contributed by atoms with E-state index in [0.29, 0.717) is 13.0 Å². The number of hydrogen-bond acceptors (Lipinski definition) is 6. The van der Waals surface area contributed by atoms with Crippen molar-refractivity contribution in [2.45, 2.75) is 25.3 Å². The van der Waals surface area contributed by atoms with E-state index in [0.717, 1.165) is 12.8 Å². The zero-order chi connectivity index (χ0) is 11.5. The van der Waals surface area contributed by atoms with Crippen LogP contribution in [-0.2, 0) is 4.79 Å². The minimum Gasteiger partial charge on any atom is -0.480 e. The SMILES string of the molecule is NCCCCC(N)C(=O)O.c1nnn[nH]1. The maximum Gasteiger partial charge on any atom is 0.320 e. The predicted molar refractivity (Wildman–Crippen MR) is 52.7 cm³/mol. The first-order valence-corrected chi connectivity index (χ1v) is 4.54. The Morgan fingerprint density at radius 1 is 1.53 bits per heavy atom. The molecule has 8 heteroatoms. The summed E-state index contributed by atoms with van der Waals surface area (Å²) in [6.45, 7) is 0.604. The third kappa shape index (κ3) is 8.78. The van der Waals surface area contributed by atoms with Gasteiger partial charge in [0.25, 0.3) is 0 Å². The standard InChI is InChI=1S/C6H14N2O2.CH2N4/c7-4-2-1-3-5(8)6(9)10;1-2-4-5-3-1/h5H,1-4,7-8H2,(H,9,10);1H,(H,2,3,4,5). The van der Waals surface area contributed by atoms with Gasteiger partial charge >= 0.3 is 5.97 Å². The molecule has 1 unspecified atom stereocenters. The van der Waals surface area contributed by atoms with Crippen LogP contribution in [0.3, 0.4) is 0 Å². The third-order valence-electron chi connectivity index (χ3n) is 1.56. The van der Waals surface area contributed by atoms with Crippen LogP contribution in [0.2, 0.25) is 0 Å². The lowest BCUT2D eigenvalue weighted by molar-refractivity contribution is -0.138. The number of tetrazole rings is 1. The van der Waals surface area contributed by atoms with Crippen molar-refractivity contribution in [1.29, 1.82) is 0 Å². The van der Waals surface area contributed by atoms with Gasteiger partial charge in [0, 0.05) is 0 Å². The van der Waals surface area contributed by atoms with Gasteiger partial charge in [0.15, 0.2) is 0 Å². The van der Waals surface area contributed by atoms with E-state index in [9.17, 15) is 4.79 Å². The molecule has 0 saturated heterocycles. The van der Waals surface area contributed by atoms with E-state index in [1.54, 1.807) is 0 Å². The number of aliphatic carboxylic acids is 1. The molecule has 8 nitrogen and oxygen atoms in total. The fourth-order valence-corrected chi connectivity index (χ4v) is 0.761. The van der Waals surface area contributed by atoms with Crippen LogP contribution in [0, 0.1) is 0 Å². The molecule has 0 aromatic carbocycles. The molecule has 0 saturated carbocycles. The average molecular weight is 216 g/mol. The first-order valence-electron chi connectivity index (χ1n) is 4.54. The van der Waals surface area contributed by atoms with Crippen molar-refractivity contribution >= 4 is 5.97 Å². The van der Waals surface area contributed by atoms with E-state index in [1.165, 1.54) is 6.33 Å². The summed E-state index contributed by atoms with van der Waals surface area (Å²) >= 11 is 0. The molecule has 0 amide bonds. The minimum absolute atomic E-state index is 0.520. The largest absolute Gasteiger partial charge is 0.480 e. The maximum absolute atomic E-state index is 10.1. The van der Waals surface area contributed by atoms with E-state index in [1.807, 2.05) is 0 Å². The smallest absolute Gasteiger partial charge is 0.320 e. The highest BCUT2D eigenvalue weighted by Crippen LogP contribution is 1.96. The number of aromatic amines is 1. The number of nitrogens with one attached hydrogen (secondary N) is 1. The van der Waals surface area contributed by atoms with Crippen molar-refractivity contribution < 1.29 is 9.90 Å². The van der Waals surface area contributed by atoms with Gasteiger partial charge < -0.3 is 16.6 Å². The number of H-pyrrole nitrogens is 1. The van der Waals surface area contributed by atoms with Gasteiger partial charge in [0.1, 0.15) is 12.4 Å². The second-order valence-corrected chi connectivity index (χ2v) is 2.79. The number of hydrogen-bond donors (Lipinski definition) is 4. The van der Waals surface area contributed by atoms with Crippen molar-refractivity contribution in [1.82, 2.24) is 20.6 Å². The Hall–Kier alpha value is -1.54. The van der Waals surface area contributed by atoms with Crippen LogP contribution in [-0.4, -0.2) is 44.3 Å². The molecule has 0 bridgehead atoms. The molecule has 86 valence electrons.